The van der Waals surface area contributed by atoms with Crippen molar-refractivity contribution in [3.05, 3.63) is 69.1 Å². The van der Waals surface area contributed by atoms with E-state index in [-0.39, 0.29) is 10.7 Å². The lowest BCUT2D eigenvalue weighted by Gasteiger charge is -2.17. The summed E-state index contributed by atoms with van der Waals surface area (Å²) in [6, 6.07) is 10.4. The second-order valence-electron chi connectivity index (χ2n) is 6.33. The lowest BCUT2D eigenvalue weighted by Crippen LogP contribution is -2.30. The van der Waals surface area contributed by atoms with Gasteiger partial charge in [-0.15, -0.1) is 0 Å². The van der Waals surface area contributed by atoms with Crippen LogP contribution in [0.5, 0.6) is 5.75 Å². The molecule has 1 amide bonds. The molecule has 154 valence electrons. The molecule has 9 heteroatoms. The predicted molar refractivity (Wildman–Crippen MR) is 120 cm³/mol. The van der Waals surface area contributed by atoms with E-state index in [1.165, 1.54) is 0 Å². The SMILES string of the molecule is [C-]#[N+]c1ccc2nc(Cl)c(C(=O)NCCN)c(NCc3ccc(OC)c(Cl)c3)c2c1. The molecule has 3 rings (SSSR count). The third-order valence-corrected chi connectivity index (χ3v) is 4.96. The molecule has 0 aliphatic carbocycles. The Hall–Kier alpha value is -3.05. The van der Waals surface area contributed by atoms with Crippen LogP contribution in [-0.4, -0.2) is 31.1 Å². The van der Waals surface area contributed by atoms with E-state index in [1.807, 2.05) is 6.07 Å². The summed E-state index contributed by atoms with van der Waals surface area (Å²) in [6.45, 7) is 8.24. The zero-order valence-corrected chi connectivity index (χ0v) is 17.6. The number of ether oxygens (including phenoxy) is 1. The highest BCUT2D eigenvalue weighted by molar-refractivity contribution is 6.34. The van der Waals surface area contributed by atoms with Gasteiger partial charge >= 0.3 is 0 Å². The molecule has 7 nitrogen and oxygen atoms in total. The fraction of sp³-hybridized carbons (Fsp3) is 0.190. The molecule has 0 spiro atoms. The van der Waals surface area contributed by atoms with Gasteiger partial charge in [-0.1, -0.05) is 35.3 Å². The number of pyridine rings is 1. The first kappa shape index (κ1) is 21.7. The van der Waals surface area contributed by atoms with Crippen LogP contribution in [0.4, 0.5) is 11.4 Å². The smallest absolute Gasteiger partial charge is 0.256 e. The fourth-order valence-corrected chi connectivity index (χ4v) is 3.52. The summed E-state index contributed by atoms with van der Waals surface area (Å²) in [7, 11) is 1.55. The van der Waals surface area contributed by atoms with Crippen LogP contribution in [0.1, 0.15) is 15.9 Å². The number of nitrogens with two attached hydrogens (primary N) is 1. The van der Waals surface area contributed by atoms with Gasteiger partial charge in [-0.25, -0.2) is 9.83 Å². The molecule has 0 aliphatic heterocycles. The van der Waals surface area contributed by atoms with Gasteiger partial charge in [-0.05, 0) is 29.8 Å². The predicted octanol–water partition coefficient (Wildman–Crippen LogP) is 4.40. The number of halogens is 2. The van der Waals surface area contributed by atoms with Crippen molar-refractivity contribution in [3.8, 4) is 5.75 Å². The second kappa shape index (κ2) is 9.63. The molecule has 0 saturated heterocycles. The highest BCUT2D eigenvalue weighted by atomic mass is 35.5. The van der Waals surface area contributed by atoms with E-state index in [4.69, 9.17) is 40.2 Å². The number of fused-ring (bicyclic) bond motifs is 1. The summed E-state index contributed by atoms with van der Waals surface area (Å²) >= 11 is 12.6. The van der Waals surface area contributed by atoms with E-state index in [1.54, 1.807) is 37.4 Å². The van der Waals surface area contributed by atoms with Gasteiger partial charge in [0.1, 0.15) is 16.5 Å². The molecule has 0 atom stereocenters. The maximum atomic E-state index is 12.8. The van der Waals surface area contributed by atoms with Gasteiger partial charge in [0.05, 0.1) is 29.9 Å². The maximum Gasteiger partial charge on any atom is 0.256 e. The zero-order valence-electron chi connectivity index (χ0n) is 16.1. The molecule has 1 heterocycles. The minimum Gasteiger partial charge on any atom is -0.495 e. The van der Waals surface area contributed by atoms with Crippen molar-refractivity contribution in [2.75, 3.05) is 25.5 Å². The Morgan fingerprint density at radius 1 is 1.27 bits per heavy atom. The third-order valence-electron chi connectivity index (χ3n) is 4.40. The van der Waals surface area contributed by atoms with Gasteiger partial charge in [0, 0.05) is 25.0 Å². The maximum absolute atomic E-state index is 12.8. The normalized spacial score (nSPS) is 10.5. The Labute approximate surface area is 184 Å². The van der Waals surface area contributed by atoms with E-state index < -0.39 is 5.91 Å². The summed E-state index contributed by atoms with van der Waals surface area (Å²) in [4.78, 5) is 20.6. The monoisotopic (exact) mass is 443 g/mol. The number of benzene rings is 2. The summed E-state index contributed by atoms with van der Waals surface area (Å²) < 4.78 is 5.18. The summed E-state index contributed by atoms with van der Waals surface area (Å²) in [5.41, 5.74) is 8.04. The Balaban J connectivity index is 2.07. The number of hydrogen-bond acceptors (Lipinski definition) is 5. The minimum absolute atomic E-state index is 0.0582. The third kappa shape index (κ3) is 4.57. The Morgan fingerprint density at radius 3 is 2.73 bits per heavy atom. The Bertz CT molecular complexity index is 1140. The summed E-state index contributed by atoms with van der Waals surface area (Å²) in [5, 5.41) is 7.14. The van der Waals surface area contributed by atoms with Gasteiger partial charge in [0.25, 0.3) is 5.91 Å². The molecule has 0 radical (unpaired) electrons. The van der Waals surface area contributed by atoms with Crippen LogP contribution in [0.3, 0.4) is 0 Å². The van der Waals surface area contributed by atoms with Crippen molar-refractivity contribution in [2.45, 2.75) is 6.54 Å². The van der Waals surface area contributed by atoms with Crippen molar-refractivity contribution < 1.29 is 9.53 Å². The van der Waals surface area contributed by atoms with Crippen molar-refractivity contribution >= 4 is 51.4 Å². The van der Waals surface area contributed by atoms with Crippen LogP contribution >= 0.6 is 23.2 Å². The number of rotatable bonds is 7. The lowest BCUT2D eigenvalue weighted by atomic mass is 10.1. The second-order valence-corrected chi connectivity index (χ2v) is 7.10. The number of nitrogens with one attached hydrogen (secondary N) is 2. The molecule has 0 saturated carbocycles. The number of nitrogens with zero attached hydrogens (tertiary/aromatic N) is 2. The number of aromatic nitrogens is 1. The quantitative estimate of drug-likeness (QED) is 0.371. The highest BCUT2D eigenvalue weighted by Crippen LogP contribution is 2.34. The van der Waals surface area contributed by atoms with E-state index in [0.29, 0.717) is 52.7 Å². The molecular weight excluding hydrogens is 425 g/mol. The van der Waals surface area contributed by atoms with Gasteiger partial charge in [-0.3, -0.25) is 4.79 Å². The van der Waals surface area contributed by atoms with Crippen LogP contribution in [0.2, 0.25) is 10.2 Å². The lowest BCUT2D eigenvalue weighted by molar-refractivity contribution is 0.0955. The average molecular weight is 444 g/mol. The number of carbonyl (C=O) groups is 1. The fourth-order valence-electron chi connectivity index (χ4n) is 2.97. The van der Waals surface area contributed by atoms with E-state index in [9.17, 15) is 4.79 Å². The van der Waals surface area contributed by atoms with E-state index in [2.05, 4.69) is 20.5 Å². The number of anilines is 1. The average Bonchev–Trinajstić information content (AvgIpc) is 2.75. The summed E-state index contributed by atoms with van der Waals surface area (Å²) in [5.74, 6) is 0.171. The van der Waals surface area contributed by atoms with Gasteiger partial charge < -0.3 is 21.1 Å². The number of amides is 1. The van der Waals surface area contributed by atoms with Crippen LogP contribution in [0.15, 0.2) is 36.4 Å². The molecule has 30 heavy (non-hydrogen) atoms. The molecule has 1 aromatic heterocycles. The van der Waals surface area contributed by atoms with E-state index >= 15 is 0 Å². The van der Waals surface area contributed by atoms with Crippen molar-refractivity contribution in [3.63, 3.8) is 0 Å². The van der Waals surface area contributed by atoms with Crippen LogP contribution in [0, 0.1) is 6.57 Å². The largest absolute Gasteiger partial charge is 0.495 e. The molecule has 0 fully saturated rings. The standard InChI is InChI=1S/C21H19Cl2N5O2/c1-25-13-4-5-16-14(10-13)19(18(20(23)28-16)21(29)26-8-7-24)27-11-12-3-6-17(30-2)15(22)9-12/h3-6,9-10H,7-8,11,24H2,2H3,(H,26,29)(H,27,28). The first-order valence-electron chi connectivity index (χ1n) is 9.03. The molecular formula is C21H19Cl2N5O2. The Kier molecular flexibility index (Phi) is 6.95. The van der Waals surface area contributed by atoms with Gasteiger partial charge in [0.2, 0.25) is 0 Å². The molecule has 0 bridgehead atoms. The molecule has 3 aromatic rings. The Morgan fingerprint density at radius 2 is 2.07 bits per heavy atom. The first-order valence-corrected chi connectivity index (χ1v) is 9.79. The number of methoxy groups -OCH3 is 1. The van der Waals surface area contributed by atoms with Crippen molar-refractivity contribution in [1.29, 1.82) is 0 Å². The number of carbonyl (C=O) groups excluding carboxylic acids is 1. The number of hydrogen-bond donors (Lipinski definition) is 3. The molecule has 0 aliphatic rings. The molecule has 2 aromatic carbocycles. The summed E-state index contributed by atoms with van der Waals surface area (Å²) in [6.07, 6.45) is 0. The highest BCUT2D eigenvalue weighted by Gasteiger charge is 2.20. The topological polar surface area (TPSA) is 93.6 Å². The van der Waals surface area contributed by atoms with Crippen LogP contribution < -0.4 is 21.1 Å². The van der Waals surface area contributed by atoms with E-state index in [0.717, 1.165) is 5.56 Å². The van der Waals surface area contributed by atoms with Gasteiger partial charge in [0.15, 0.2) is 5.69 Å². The van der Waals surface area contributed by atoms with Crippen LogP contribution in [-0.2, 0) is 6.54 Å². The zero-order chi connectivity index (χ0) is 21.7. The molecule has 0 unspecified atom stereocenters. The van der Waals surface area contributed by atoms with Crippen molar-refractivity contribution in [1.82, 2.24) is 10.3 Å². The first-order chi connectivity index (χ1) is 14.5. The van der Waals surface area contributed by atoms with Gasteiger partial charge in [-0.2, -0.15) is 0 Å². The molecule has 4 N–H and O–H groups in total. The minimum atomic E-state index is -0.400. The van der Waals surface area contributed by atoms with Crippen LogP contribution in [0.25, 0.3) is 15.7 Å². The van der Waals surface area contributed by atoms with Crippen molar-refractivity contribution in [2.24, 2.45) is 5.73 Å².